The molecule has 0 saturated heterocycles. The zero-order chi connectivity index (χ0) is 10.1. The lowest BCUT2D eigenvalue weighted by Crippen LogP contribution is -2.22. The van der Waals surface area contributed by atoms with E-state index in [9.17, 15) is 0 Å². The summed E-state index contributed by atoms with van der Waals surface area (Å²) in [5, 5.41) is 11.1. The molecule has 0 bridgehead atoms. The number of rotatable bonds is 7. The molecule has 5 nitrogen and oxygen atoms in total. The summed E-state index contributed by atoms with van der Waals surface area (Å²) in [6, 6.07) is 0. The quantitative estimate of drug-likeness (QED) is 0.202. The van der Waals surface area contributed by atoms with Crippen molar-refractivity contribution in [1.82, 2.24) is 0 Å². The van der Waals surface area contributed by atoms with Crippen LogP contribution in [0.5, 0.6) is 0 Å². The van der Waals surface area contributed by atoms with E-state index < -0.39 is 0 Å². The Morgan fingerprint density at radius 2 is 2.23 bits per heavy atom. The van der Waals surface area contributed by atoms with Crippen LogP contribution in [0.1, 0.15) is 20.3 Å². The summed E-state index contributed by atoms with van der Waals surface area (Å²) in [6.07, 6.45) is 0.388. The van der Waals surface area contributed by atoms with Gasteiger partial charge >= 0.3 is 0 Å². The van der Waals surface area contributed by atoms with Crippen molar-refractivity contribution >= 4 is 5.84 Å². The molecule has 0 spiro atoms. The molecular formula is C8H18N2O3. The van der Waals surface area contributed by atoms with Crippen molar-refractivity contribution < 1.29 is 14.7 Å². The van der Waals surface area contributed by atoms with Crippen LogP contribution < -0.4 is 5.73 Å². The molecule has 0 amide bonds. The van der Waals surface area contributed by atoms with E-state index >= 15 is 0 Å². The molecular weight excluding hydrogens is 172 g/mol. The molecule has 0 aromatic rings. The van der Waals surface area contributed by atoms with Crippen LogP contribution in [-0.2, 0) is 9.47 Å². The maximum Gasteiger partial charge on any atom is 0.141 e. The van der Waals surface area contributed by atoms with Gasteiger partial charge in [-0.1, -0.05) is 5.16 Å². The van der Waals surface area contributed by atoms with Crippen LogP contribution in [0.3, 0.4) is 0 Å². The number of ether oxygens (including phenoxy) is 2. The Morgan fingerprint density at radius 3 is 2.77 bits per heavy atom. The lowest BCUT2D eigenvalue weighted by Gasteiger charge is -2.11. The summed E-state index contributed by atoms with van der Waals surface area (Å²) in [7, 11) is 0. The normalized spacial score (nSPS) is 14.5. The van der Waals surface area contributed by atoms with Gasteiger partial charge in [0.1, 0.15) is 5.84 Å². The first kappa shape index (κ1) is 12.2. The molecule has 13 heavy (non-hydrogen) atoms. The molecule has 3 N–H and O–H groups in total. The van der Waals surface area contributed by atoms with Crippen molar-refractivity contribution in [2.45, 2.75) is 26.4 Å². The molecule has 0 aromatic carbocycles. The molecule has 0 fully saturated rings. The largest absolute Gasteiger partial charge is 0.409 e. The second-order valence-corrected chi connectivity index (χ2v) is 2.67. The van der Waals surface area contributed by atoms with Crippen molar-refractivity contribution in [1.29, 1.82) is 0 Å². The molecule has 78 valence electrons. The molecule has 1 unspecified atom stereocenters. The number of hydrogen-bond acceptors (Lipinski definition) is 4. The van der Waals surface area contributed by atoms with E-state index in [0.717, 1.165) is 0 Å². The van der Waals surface area contributed by atoms with Gasteiger partial charge < -0.3 is 20.4 Å². The zero-order valence-corrected chi connectivity index (χ0v) is 8.19. The lowest BCUT2D eigenvalue weighted by molar-refractivity contribution is 0.0181. The lowest BCUT2D eigenvalue weighted by atomic mass is 10.3. The first-order valence-corrected chi connectivity index (χ1v) is 4.36. The molecule has 5 heteroatoms. The fourth-order valence-electron chi connectivity index (χ4n) is 0.847. The predicted molar refractivity (Wildman–Crippen MR) is 49.9 cm³/mol. The van der Waals surface area contributed by atoms with Crippen LogP contribution in [0.4, 0.5) is 0 Å². The van der Waals surface area contributed by atoms with E-state index in [0.29, 0.717) is 26.2 Å². The third-order valence-corrected chi connectivity index (χ3v) is 1.46. The van der Waals surface area contributed by atoms with Crippen molar-refractivity contribution in [2.24, 2.45) is 10.9 Å². The van der Waals surface area contributed by atoms with Crippen LogP contribution >= 0.6 is 0 Å². The molecule has 0 aliphatic heterocycles. The summed E-state index contributed by atoms with van der Waals surface area (Å²) in [5.41, 5.74) is 5.29. The SMILES string of the molecule is CCOCCOC(C)CC(N)=NO. The van der Waals surface area contributed by atoms with E-state index in [2.05, 4.69) is 5.16 Å². The van der Waals surface area contributed by atoms with E-state index in [4.69, 9.17) is 20.4 Å². The van der Waals surface area contributed by atoms with Crippen LogP contribution in [0, 0.1) is 0 Å². The highest BCUT2D eigenvalue weighted by atomic mass is 16.5. The molecule has 0 aliphatic carbocycles. The predicted octanol–water partition coefficient (Wildman–Crippen LogP) is 0.565. The second-order valence-electron chi connectivity index (χ2n) is 2.67. The molecule has 0 rings (SSSR count). The van der Waals surface area contributed by atoms with E-state index in [1.54, 1.807) is 0 Å². The van der Waals surface area contributed by atoms with Crippen LogP contribution in [0.2, 0.25) is 0 Å². The van der Waals surface area contributed by atoms with Crippen molar-refractivity contribution in [3.8, 4) is 0 Å². The van der Waals surface area contributed by atoms with Crippen molar-refractivity contribution in [3.05, 3.63) is 0 Å². The second kappa shape index (κ2) is 7.82. The summed E-state index contributed by atoms with van der Waals surface area (Å²) in [4.78, 5) is 0. The van der Waals surface area contributed by atoms with Gasteiger partial charge in [-0.25, -0.2) is 0 Å². The Labute approximate surface area is 78.5 Å². The minimum atomic E-state index is -0.0450. The number of oxime groups is 1. The minimum Gasteiger partial charge on any atom is -0.409 e. The summed E-state index contributed by atoms with van der Waals surface area (Å²) >= 11 is 0. The Balaban J connectivity index is 3.35. The maximum atomic E-state index is 8.28. The van der Waals surface area contributed by atoms with E-state index in [-0.39, 0.29) is 11.9 Å². The fraction of sp³-hybridized carbons (Fsp3) is 0.875. The minimum absolute atomic E-state index is 0.0450. The molecule has 1 atom stereocenters. The molecule has 0 aromatic heterocycles. The van der Waals surface area contributed by atoms with Crippen LogP contribution in [-0.4, -0.2) is 37.0 Å². The highest BCUT2D eigenvalue weighted by molar-refractivity contribution is 5.79. The Hall–Kier alpha value is -0.810. The summed E-state index contributed by atoms with van der Waals surface area (Å²) < 4.78 is 10.4. The zero-order valence-electron chi connectivity index (χ0n) is 8.19. The van der Waals surface area contributed by atoms with Gasteiger partial charge in [0.25, 0.3) is 0 Å². The highest BCUT2D eigenvalue weighted by Gasteiger charge is 2.04. The monoisotopic (exact) mass is 190 g/mol. The standard InChI is InChI=1S/C8H18N2O3/c1-3-12-4-5-13-7(2)6-8(9)10-11/h7,11H,3-6H2,1-2H3,(H2,9,10). The molecule has 0 radical (unpaired) electrons. The average Bonchev–Trinajstić information content (AvgIpc) is 2.12. The van der Waals surface area contributed by atoms with Gasteiger partial charge in [-0.2, -0.15) is 0 Å². The number of nitrogens with two attached hydrogens (primary N) is 1. The fourth-order valence-corrected chi connectivity index (χ4v) is 0.847. The van der Waals surface area contributed by atoms with Gasteiger partial charge in [0, 0.05) is 13.0 Å². The van der Waals surface area contributed by atoms with E-state index in [1.807, 2.05) is 13.8 Å². The van der Waals surface area contributed by atoms with Crippen LogP contribution in [0.25, 0.3) is 0 Å². The van der Waals surface area contributed by atoms with Gasteiger partial charge in [-0.3, -0.25) is 0 Å². The average molecular weight is 190 g/mol. The maximum absolute atomic E-state index is 8.28. The van der Waals surface area contributed by atoms with Crippen molar-refractivity contribution in [2.75, 3.05) is 19.8 Å². The van der Waals surface area contributed by atoms with Gasteiger partial charge in [0.05, 0.1) is 19.3 Å². The number of nitrogens with zero attached hydrogens (tertiary/aromatic N) is 1. The Morgan fingerprint density at radius 1 is 1.54 bits per heavy atom. The molecule has 0 saturated carbocycles. The van der Waals surface area contributed by atoms with Gasteiger partial charge in [0.15, 0.2) is 0 Å². The van der Waals surface area contributed by atoms with E-state index in [1.165, 1.54) is 0 Å². The summed E-state index contributed by atoms with van der Waals surface area (Å²) in [6.45, 7) is 5.60. The smallest absolute Gasteiger partial charge is 0.141 e. The first-order valence-electron chi connectivity index (χ1n) is 4.36. The van der Waals surface area contributed by atoms with Gasteiger partial charge in [0.2, 0.25) is 0 Å². The summed E-state index contributed by atoms with van der Waals surface area (Å²) in [5.74, 6) is 0.184. The van der Waals surface area contributed by atoms with Gasteiger partial charge in [-0.15, -0.1) is 0 Å². The molecule has 0 heterocycles. The third kappa shape index (κ3) is 7.55. The first-order chi connectivity index (χ1) is 6.20. The van der Waals surface area contributed by atoms with Gasteiger partial charge in [-0.05, 0) is 13.8 Å². The van der Waals surface area contributed by atoms with Crippen molar-refractivity contribution in [3.63, 3.8) is 0 Å². The third-order valence-electron chi connectivity index (χ3n) is 1.46. The van der Waals surface area contributed by atoms with Crippen LogP contribution in [0.15, 0.2) is 5.16 Å². The Kier molecular flexibility index (Phi) is 7.33. The Bertz CT molecular complexity index is 150. The topological polar surface area (TPSA) is 77.1 Å². The highest BCUT2D eigenvalue weighted by Crippen LogP contribution is 1.96. The number of amidine groups is 1. The number of hydrogen-bond donors (Lipinski definition) is 2. The molecule has 0 aliphatic rings.